The summed E-state index contributed by atoms with van der Waals surface area (Å²) in [5.74, 6) is 0.0956. The molecule has 5 rings (SSSR count). The maximum absolute atomic E-state index is 11.8. The molecular formula is C38H43N3O5. The second-order valence-corrected chi connectivity index (χ2v) is 11.7. The van der Waals surface area contributed by atoms with E-state index in [0.717, 1.165) is 58.6 Å². The lowest BCUT2D eigenvalue weighted by molar-refractivity contribution is -0.275. The van der Waals surface area contributed by atoms with E-state index >= 15 is 0 Å². The van der Waals surface area contributed by atoms with Crippen LogP contribution in [-0.4, -0.2) is 53.9 Å². The molecule has 0 unspecified atom stereocenters. The standard InChI is InChI=1S/C38H43N3O5/c1-4-22-44-38(43)40-24-29-8-7-9-33(23-29)30-15-17-32(18-16-30)37-45-35(25-41(3)21-19-34-10-5-6-20-39-34)27(2)36(46-37)31-13-11-28(26-42)12-14-31/h4-18,20,23,27,35-37,42H,1,19,21-22,24-26H2,2-3H3,(H,40,43)/t27-,35+,36+,37+/m0/s1. The van der Waals surface area contributed by atoms with Crippen molar-refractivity contribution in [3.8, 4) is 11.1 Å². The lowest BCUT2D eigenvalue weighted by atomic mass is 9.90. The maximum atomic E-state index is 11.8. The van der Waals surface area contributed by atoms with Crippen LogP contribution in [0.5, 0.6) is 0 Å². The highest BCUT2D eigenvalue weighted by Crippen LogP contribution is 2.42. The number of nitrogens with zero attached hydrogens (tertiary/aromatic N) is 2. The summed E-state index contributed by atoms with van der Waals surface area (Å²) in [7, 11) is 2.12. The Morgan fingerprint density at radius 3 is 2.48 bits per heavy atom. The van der Waals surface area contributed by atoms with Crippen molar-refractivity contribution in [1.29, 1.82) is 0 Å². The van der Waals surface area contributed by atoms with Gasteiger partial charge < -0.3 is 29.5 Å². The van der Waals surface area contributed by atoms with Crippen molar-refractivity contribution in [2.75, 3.05) is 26.7 Å². The first kappa shape index (κ1) is 33.0. The van der Waals surface area contributed by atoms with Crippen molar-refractivity contribution in [1.82, 2.24) is 15.2 Å². The molecule has 1 amide bonds. The molecule has 1 fully saturated rings. The van der Waals surface area contributed by atoms with Gasteiger partial charge in [-0.05, 0) is 53.1 Å². The Labute approximate surface area is 271 Å². The minimum absolute atomic E-state index is 0.00479. The van der Waals surface area contributed by atoms with Crippen LogP contribution < -0.4 is 5.32 Å². The molecule has 4 atom stereocenters. The average Bonchev–Trinajstić information content (AvgIpc) is 3.10. The van der Waals surface area contributed by atoms with Crippen molar-refractivity contribution in [2.24, 2.45) is 5.92 Å². The molecule has 240 valence electrons. The molecule has 0 radical (unpaired) electrons. The Kier molecular flexibility index (Phi) is 11.7. The molecule has 8 heteroatoms. The Hall–Kier alpha value is -4.34. The number of likely N-dealkylation sites (N-methyl/N-ethyl adjacent to an activating group) is 1. The summed E-state index contributed by atoms with van der Waals surface area (Å²) >= 11 is 0. The third-order valence-corrected chi connectivity index (χ3v) is 8.30. The van der Waals surface area contributed by atoms with E-state index in [1.807, 2.05) is 60.8 Å². The van der Waals surface area contributed by atoms with Gasteiger partial charge in [-0.15, -0.1) is 0 Å². The fourth-order valence-electron chi connectivity index (χ4n) is 5.63. The number of pyridine rings is 1. The zero-order chi connectivity index (χ0) is 32.3. The first-order valence-corrected chi connectivity index (χ1v) is 15.7. The molecule has 46 heavy (non-hydrogen) atoms. The molecule has 0 bridgehead atoms. The highest BCUT2D eigenvalue weighted by Gasteiger charge is 2.38. The fraction of sp³-hybridized carbons (Fsp3) is 0.316. The van der Waals surface area contributed by atoms with Crippen LogP contribution in [0, 0.1) is 5.92 Å². The number of alkyl carbamates (subject to hydrolysis) is 1. The largest absolute Gasteiger partial charge is 0.445 e. The normalized spacial score (nSPS) is 19.5. The number of aliphatic hydroxyl groups is 1. The molecule has 8 nitrogen and oxygen atoms in total. The topological polar surface area (TPSA) is 93.2 Å². The van der Waals surface area contributed by atoms with Crippen LogP contribution >= 0.6 is 0 Å². The van der Waals surface area contributed by atoms with Crippen LogP contribution in [0.1, 0.15) is 47.3 Å². The van der Waals surface area contributed by atoms with Gasteiger partial charge in [0.2, 0.25) is 0 Å². The molecule has 0 aliphatic carbocycles. The molecule has 1 saturated heterocycles. The van der Waals surface area contributed by atoms with Gasteiger partial charge in [0.25, 0.3) is 0 Å². The molecule has 0 spiro atoms. The SMILES string of the molecule is C=CCOC(=O)NCc1cccc(-c2ccc([C@@H]3O[C@H](CN(C)CCc4ccccn4)[C@H](C)[C@H](c4ccc(CO)cc4)O3)cc2)c1. The lowest BCUT2D eigenvalue weighted by Crippen LogP contribution is -2.43. The van der Waals surface area contributed by atoms with Gasteiger partial charge in [-0.25, -0.2) is 4.79 Å². The number of ether oxygens (including phenoxy) is 3. The third-order valence-electron chi connectivity index (χ3n) is 8.30. The number of aliphatic hydroxyl groups excluding tert-OH is 1. The molecule has 1 aliphatic heterocycles. The number of nitrogens with one attached hydrogen (secondary N) is 1. The highest BCUT2D eigenvalue weighted by molar-refractivity contribution is 5.68. The summed E-state index contributed by atoms with van der Waals surface area (Å²) in [4.78, 5) is 18.6. The van der Waals surface area contributed by atoms with Gasteiger partial charge in [-0.2, -0.15) is 0 Å². The van der Waals surface area contributed by atoms with E-state index in [-0.39, 0.29) is 31.3 Å². The number of hydrogen-bond donors (Lipinski definition) is 2. The minimum atomic E-state index is -0.543. The van der Waals surface area contributed by atoms with Gasteiger partial charge in [0.1, 0.15) is 6.61 Å². The summed E-state index contributed by atoms with van der Waals surface area (Å²) in [6, 6.07) is 30.3. The Morgan fingerprint density at radius 2 is 1.76 bits per heavy atom. The van der Waals surface area contributed by atoms with Crippen LogP contribution in [0.4, 0.5) is 4.79 Å². The van der Waals surface area contributed by atoms with Crippen LogP contribution in [0.3, 0.4) is 0 Å². The van der Waals surface area contributed by atoms with E-state index in [9.17, 15) is 9.90 Å². The smallest absolute Gasteiger partial charge is 0.407 e. The van der Waals surface area contributed by atoms with E-state index in [0.29, 0.717) is 6.54 Å². The summed E-state index contributed by atoms with van der Waals surface area (Å²) in [5.41, 5.74) is 7.00. The summed E-state index contributed by atoms with van der Waals surface area (Å²) < 4.78 is 18.3. The van der Waals surface area contributed by atoms with Crippen molar-refractivity contribution in [3.05, 3.63) is 138 Å². The third kappa shape index (κ3) is 8.89. The van der Waals surface area contributed by atoms with E-state index < -0.39 is 12.4 Å². The van der Waals surface area contributed by atoms with Crippen molar-refractivity contribution < 1.29 is 24.1 Å². The maximum Gasteiger partial charge on any atom is 0.407 e. The molecule has 3 aromatic carbocycles. The van der Waals surface area contributed by atoms with Gasteiger partial charge in [0.05, 0.1) is 18.8 Å². The highest BCUT2D eigenvalue weighted by atomic mass is 16.7. The van der Waals surface area contributed by atoms with Gasteiger partial charge in [-0.3, -0.25) is 4.98 Å². The van der Waals surface area contributed by atoms with Crippen LogP contribution in [0.15, 0.2) is 110 Å². The second-order valence-electron chi connectivity index (χ2n) is 11.7. The van der Waals surface area contributed by atoms with E-state index in [1.54, 1.807) is 0 Å². The first-order chi connectivity index (χ1) is 22.4. The molecule has 0 saturated carbocycles. The number of aromatic nitrogens is 1. The Balaban J connectivity index is 1.30. The van der Waals surface area contributed by atoms with Gasteiger partial charge in [-0.1, -0.05) is 92.4 Å². The van der Waals surface area contributed by atoms with Crippen LogP contribution in [0.25, 0.3) is 11.1 Å². The molecule has 1 aliphatic rings. The second kappa shape index (κ2) is 16.3. The number of amides is 1. The number of hydrogen-bond acceptors (Lipinski definition) is 7. The first-order valence-electron chi connectivity index (χ1n) is 15.7. The molecule has 4 aromatic rings. The zero-order valence-corrected chi connectivity index (χ0v) is 26.5. The van der Waals surface area contributed by atoms with Crippen molar-refractivity contribution in [2.45, 2.75) is 45.0 Å². The number of benzene rings is 3. The van der Waals surface area contributed by atoms with E-state index in [1.165, 1.54) is 6.08 Å². The zero-order valence-electron chi connectivity index (χ0n) is 26.5. The average molecular weight is 622 g/mol. The lowest BCUT2D eigenvalue weighted by Gasteiger charge is -2.42. The summed E-state index contributed by atoms with van der Waals surface area (Å²) in [6.07, 6.45) is 2.96. The molecule has 1 aromatic heterocycles. The Bertz CT molecular complexity index is 1550. The summed E-state index contributed by atoms with van der Waals surface area (Å²) in [6.45, 7) is 7.90. The molecule has 2 N–H and O–H groups in total. The monoisotopic (exact) mass is 621 g/mol. The quantitative estimate of drug-likeness (QED) is 0.162. The predicted octanol–water partition coefficient (Wildman–Crippen LogP) is 6.62. The van der Waals surface area contributed by atoms with Gasteiger partial charge in [0.15, 0.2) is 6.29 Å². The molecular weight excluding hydrogens is 578 g/mol. The predicted molar refractivity (Wildman–Crippen MR) is 179 cm³/mol. The fourth-order valence-corrected chi connectivity index (χ4v) is 5.63. The Morgan fingerprint density at radius 1 is 0.978 bits per heavy atom. The number of rotatable bonds is 13. The van der Waals surface area contributed by atoms with Crippen molar-refractivity contribution >= 4 is 6.09 Å². The van der Waals surface area contributed by atoms with Gasteiger partial charge >= 0.3 is 6.09 Å². The number of carbonyl (C=O) groups excluding carboxylic acids is 1. The minimum Gasteiger partial charge on any atom is -0.445 e. The van der Waals surface area contributed by atoms with E-state index in [2.05, 4.69) is 72.1 Å². The van der Waals surface area contributed by atoms with Crippen LogP contribution in [0.2, 0.25) is 0 Å². The van der Waals surface area contributed by atoms with Crippen LogP contribution in [-0.2, 0) is 33.8 Å². The van der Waals surface area contributed by atoms with Crippen molar-refractivity contribution in [3.63, 3.8) is 0 Å². The van der Waals surface area contributed by atoms with Gasteiger partial charge in [0, 0.05) is 49.4 Å². The van der Waals surface area contributed by atoms with E-state index in [4.69, 9.17) is 14.2 Å². The molecule has 2 heterocycles. The summed E-state index contributed by atoms with van der Waals surface area (Å²) in [5, 5.41) is 12.3. The number of carbonyl (C=O) groups is 1.